The minimum atomic E-state index is 0.0632. The molecule has 2 rings (SSSR count). The van der Waals surface area contributed by atoms with Gasteiger partial charge in [-0.3, -0.25) is 10.1 Å². The first-order chi connectivity index (χ1) is 8.17. The largest absolute Gasteiger partial charge is 0.323 e. The van der Waals surface area contributed by atoms with Gasteiger partial charge in [-0.2, -0.15) is 0 Å². The van der Waals surface area contributed by atoms with Gasteiger partial charge in [-0.1, -0.05) is 33.1 Å². The van der Waals surface area contributed by atoms with Crippen molar-refractivity contribution in [3.05, 3.63) is 0 Å². The van der Waals surface area contributed by atoms with E-state index in [0.717, 1.165) is 25.2 Å². The van der Waals surface area contributed by atoms with E-state index >= 15 is 0 Å². The standard InChI is InChI=1S/C14H26N2O/c1-4-6-13-15-12(5-2)14(17)16(13)10(3)9-11-7-8-11/h10-13,15H,4-9H2,1-3H3. The van der Waals surface area contributed by atoms with Crippen molar-refractivity contribution in [2.24, 2.45) is 5.92 Å². The molecule has 3 heteroatoms. The van der Waals surface area contributed by atoms with E-state index in [9.17, 15) is 4.79 Å². The predicted molar refractivity (Wildman–Crippen MR) is 69.6 cm³/mol. The molecule has 1 saturated carbocycles. The van der Waals surface area contributed by atoms with E-state index in [1.165, 1.54) is 19.3 Å². The fraction of sp³-hybridized carbons (Fsp3) is 0.929. The summed E-state index contributed by atoms with van der Waals surface area (Å²) in [5.74, 6) is 1.22. The lowest BCUT2D eigenvalue weighted by Crippen LogP contribution is -2.43. The van der Waals surface area contributed by atoms with Crippen molar-refractivity contribution in [1.82, 2.24) is 10.2 Å². The van der Waals surface area contributed by atoms with Gasteiger partial charge in [0.1, 0.15) is 0 Å². The van der Waals surface area contributed by atoms with Crippen molar-refractivity contribution in [3.63, 3.8) is 0 Å². The van der Waals surface area contributed by atoms with E-state index in [1.54, 1.807) is 0 Å². The lowest BCUT2D eigenvalue weighted by Gasteiger charge is -2.30. The molecule has 0 aromatic rings. The summed E-state index contributed by atoms with van der Waals surface area (Å²) in [4.78, 5) is 14.5. The average Bonchev–Trinajstić information content (AvgIpc) is 3.03. The normalized spacial score (nSPS) is 31.0. The molecule has 17 heavy (non-hydrogen) atoms. The maximum Gasteiger partial charge on any atom is 0.241 e. The van der Waals surface area contributed by atoms with Crippen LogP contribution in [0.4, 0.5) is 0 Å². The van der Waals surface area contributed by atoms with Crippen molar-refractivity contribution in [2.45, 2.75) is 77.5 Å². The van der Waals surface area contributed by atoms with Crippen LogP contribution in [0.2, 0.25) is 0 Å². The molecule has 0 spiro atoms. The zero-order valence-corrected chi connectivity index (χ0v) is 11.4. The van der Waals surface area contributed by atoms with Gasteiger partial charge >= 0.3 is 0 Å². The Balaban J connectivity index is 2.00. The van der Waals surface area contributed by atoms with Crippen LogP contribution in [-0.4, -0.2) is 29.1 Å². The Bertz CT molecular complexity index is 275. The molecule has 0 radical (unpaired) electrons. The summed E-state index contributed by atoms with van der Waals surface area (Å²) in [7, 11) is 0. The Morgan fingerprint density at radius 2 is 2.12 bits per heavy atom. The van der Waals surface area contributed by atoms with Crippen LogP contribution in [0.25, 0.3) is 0 Å². The highest BCUT2D eigenvalue weighted by Gasteiger charge is 2.40. The van der Waals surface area contributed by atoms with Gasteiger partial charge in [-0.25, -0.2) is 0 Å². The van der Waals surface area contributed by atoms with Crippen LogP contribution in [-0.2, 0) is 4.79 Å². The third-order valence-electron chi connectivity index (χ3n) is 4.10. The molecular weight excluding hydrogens is 212 g/mol. The Labute approximate surface area is 105 Å². The maximum absolute atomic E-state index is 12.3. The van der Waals surface area contributed by atoms with E-state index < -0.39 is 0 Å². The molecule has 1 saturated heterocycles. The molecule has 0 aromatic carbocycles. The van der Waals surface area contributed by atoms with Crippen molar-refractivity contribution in [3.8, 4) is 0 Å². The maximum atomic E-state index is 12.3. The summed E-state index contributed by atoms with van der Waals surface area (Å²) in [5.41, 5.74) is 0. The SMILES string of the molecule is CCCC1NC(CC)C(=O)N1C(C)CC1CC1. The summed E-state index contributed by atoms with van der Waals surface area (Å²) < 4.78 is 0. The quantitative estimate of drug-likeness (QED) is 0.771. The Kier molecular flexibility index (Phi) is 4.08. The molecular formula is C14H26N2O. The summed E-state index contributed by atoms with van der Waals surface area (Å²) in [6.45, 7) is 6.50. The van der Waals surface area contributed by atoms with Crippen molar-refractivity contribution < 1.29 is 4.79 Å². The second-order valence-corrected chi connectivity index (χ2v) is 5.71. The van der Waals surface area contributed by atoms with Crippen LogP contribution in [0.15, 0.2) is 0 Å². The molecule has 1 aliphatic carbocycles. The van der Waals surface area contributed by atoms with Crippen molar-refractivity contribution in [1.29, 1.82) is 0 Å². The average molecular weight is 238 g/mol. The molecule has 2 aliphatic rings. The van der Waals surface area contributed by atoms with Crippen LogP contribution in [0.5, 0.6) is 0 Å². The Morgan fingerprint density at radius 1 is 1.41 bits per heavy atom. The van der Waals surface area contributed by atoms with Crippen LogP contribution in [0.1, 0.15) is 59.3 Å². The van der Waals surface area contributed by atoms with Gasteiger partial charge in [0.25, 0.3) is 0 Å². The molecule has 98 valence electrons. The summed E-state index contributed by atoms with van der Waals surface area (Å²) in [6.07, 6.45) is 7.34. The van der Waals surface area contributed by atoms with E-state index in [0.29, 0.717) is 11.9 Å². The molecule has 0 aromatic heterocycles. The minimum absolute atomic E-state index is 0.0632. The first kappa shape index (κ1) is 12.9. The molecule has 1 amide bonds. The third kappa shape index (κ3) is 2.82. The van der Waals surface area contributed by atoms with E-state index in [1.807, 2.05) is 0 Å². The van der Waals surface area contributed by atoms with Gasteiger partial charge in [0, 0.05) is 6.04 Å². The highest BCUT2D eigenvalue weighted by molar-refractivity contribution is 5.84. The zero-order chi connectivity index (χ0) is 12.4. The molecule has 3 atom stereocenters. The van der Waals surface area contributed by atoms with E-state index in [2.05, 4.69) is 31.0 Å². The minimum Gasteiger partial charge on any atom is -0.323 e. The summed E-state index contributed by atoms with van der Waals surface area (Å²) in [6, 6.07) is 0.476. The number of nitrogens with one attached hydrogen (secondary N) is 1. The number of hydrogen-bond donors (Lipinski definition) is 1. The first-order valence-corrected chi connectivity index (χ1v) is 7.25. The number of amides is 1. The molecule has 1 aliphatic heterocycles. The Hall–Kier alpha value is -0.570. The first-order valence-electron chi connectivity index (χ1n) is 7.25. The second-order valence-electron chi connectivity index (χ2n) is 5.71. The lowest BCUT2D eigenvalue weighted by molar-refractivity contribution is -0.132. The molecule has 3 unspecified atom stereocenters. The van der Waals surface area contributed by atoms with E-state index in [-0.39, 0.29) is 12.2 Å². The predicted octanol–water partition coefficient (Wildman–Crippen LogP) is 2.51. The smallest absolute Gasteiger partial charge is 0.241 e. The number of hydrogen-bond acceptors (Lipinski definition) is 2. The molecule has 2 fully saturated rings. The van der Waals surface area contributed by atoms with E-state index in [4.69, 9.17) is 0 Å². The summed E-state index contributed by atoms with van der Waals surface area (Å²) >= 11 is 0. The van der Waals surface area contributed by atoms with Gasteiger partial charge in [0.15, 0.2) is 0 Å². The highest BCUT2D eigenvalue weighted by atomic mass is 16.2. The molecule has 1 heterocycles. The fourth-order valence-electron chi connectivity index (χ4n) is 2.98. The number of rotatable bonds is 6. The van der Waals surface area contributed by atoms with Gasteiger partial charge < -0.3 is 4.90 Å². The second kappa shape index (κ2) is 5.38. The fourth-order valence-corrected chi connectivity index (χ4v) is 2.98. The number of carbonyl (C=O) groups excluding carboxylic acids is 1. The van der Waals surface area contributed by atoms with Gasteiger partial charge in [-0.05, 0) is 32.1 Å². The van der Waals surface area contributed by atoms with Crippen molar-refractivity contribution in [2.75, 3.05) is 0 Å². The Morgan fingerprint density at radius 3 is 2.65 bits per heavy atom. The summed E-state index contributed by atoms with van der Waals surface area (Å²) in [5, 5.41) is 3.49. The monoisotopic (exact) mass is 238 g/mol. The highest BCUT2D eigenvalue weighted by Crippen LogP contribution is 2.35. The van der Waals surface area contributed by atoms with Crippen LogP contribution in [0, 0.1) is 5.92 Å². The number of nitrogens with zero attached hydrogens (tertiary/aromatic N) is 1. The van der Waals surface area contributed by atoms with Gasteiger partial charge in [0.05, 0.1) is 12.2 Å². The zero-order valence-electron chi connectivity index (χ0n) is 11.4. The molecule has 3 nitrogen and oxygen atoms in total. The topological polar surface area (TPSA) is 32.3 Å². The van der Waals surface area contributed by atoms with Crippen molar-refractivity contribution >= 4 is 5.91 Å². The van der Waals surface area contributed by atoms with Gasteiger partial charge in [0.2, 0.25) is 5.91 Å². The number of carbonyl (C=O) groups is 1. The molecule has 0 bridgehead atoms. The van der Waals surface area contributed by atoms with Crippen LogP contribution in [0.3, 0.4) is 0 Å². The lowest BCUT2D eigenvalue weighted by atomic mass is 10.1. The molecule has 1 N–H and O–H groups in total. The van der Waals surface area contributed by atoms with Gasteiger partial charge in [-0.15, -0.1) is 0 Å². The van der Waals surface area contributed by atoms with Crippen LogP contribution >= 0.6 is 0 Å². The third-order valence-corrected chi connectivity index (χ3v) is 4.10. The van der Waals surface area contributed by atoms with Crippen LogP contribution < -0.4 is 5.32 Å².